The lowest BCUT2D eigenvalue weighted by molar-refractivity contribution is 0.0933. The van der Waals surface area contributed by atoms with Gasteiger partial charge in [-0.05, 0) is 61.4 Å². The first-order valence-electron chi connectivity index (χ1n) is 11.1. The van der Waals surface area contributed by atoms with E-state index < -0.39 is 0 Å². The van der Waals surface area contributed by atoms with Crippen molar-refractivity contribution in [2.75, 3.05) is 0 Å². The van der Waals surface area contributed by atoms with Gasteiger partial charge in [-0.15, -0.1) is 0 Å². The van der Waals surface area contributed by atoms with Crippen LogP contribution in [0.1, 0.15) is 71.9 Å². The Morgan fingerprint density at radius 1 is 1.00 bits per heavy atom. The van der Waals surface area contributed by atoms with Crippen LogP contribution in [0.15, 0.2) is 47.3 Å². The van der Waals surface area contributed by atoms with E-state index in [2.05, 4.69) is 23.5 Å². The van der Waals surface area contributed by atoms with Gasteiger partial charge in [0.2, 0.25) is 0 Å². The summed E-state index contributed by atoms with van der Waals surface area (Å²) in [6.45, 7) is 0.737. The van der Waals surface area contributed by atoms with Gasteiger partial charge in [0.15, 0.2) is 0 Å². The van der Waals surface area contributed by atoms with Crippen LogP contribution in [0.3, 0.4) is 0 Å². The summed E-state index contributed by atoms with van der Waals surface area (Å²) in [4.78, 5) is 30.8. The van der Waals surface area contributed by atoms with Gasteiger partial charge in [0.1, 0.15) is 5.82 Å². The van der Waals surface area contributed by atoms with Gasteiger partial charge in [-0.3, -0.25) is 14.2 Å². The quantitative estimate of drug-likeness (QED) is 0.696. The van der Waals surface area contributed by atoms with Gasteiger partial charge in [0, 0.05) is 18.5 Å². The Hall–Kier alpha value is -2.95. The number of rotatable bonds is 2. The molecular weight excluding hydrogens is 374 g/mol. The molecular formula is C25H27N3O2. The molecule has 0 radical (unpaired) electrons. The number of hydrogen-bond donors (Lipinski definition) is 1. The molecule has 30 heavy (non-hydrogen) atoms. The lowest BCUT2D eigenvalue weighted by Gasteiger charge is -2.26. The van der Waals surface area contributed by atoms with E-state index in [1.807, 2.05) is 10.6 Å². The van der Waals surface area contributed by atoms with E-state index in [1.54, 1.807) is 18.2 Å². The molecule has 2 aromatic carbocycles. The summed E-state index contributed by atoms with van der Waals surface area (Å²) in [5.41, 5.74) is 3.75. The van der Waals surface area contributed by atoms with Crippen molar-refractivity contribution < 1.29 is 4.79 Å². The summed E-state index contributed by atoms with van der Waals surface area (Å²) in [5.74, 6) is 0.748. The number of nitrogens with one attached hydrogen (secondary N) is 1. The van der Waals surface area contributed by atoms with Crippen LogP contribution in [0.4, 0.5) is 0 Å². The summed E-state index contributed by atoms with van der Waals surface area (Å²) < 4.78 is 1.83. The van der Waals surface area contributed by atoms with E-state index in [4.69, 9.17) is 4.98 Å². The van der Waals surface area contributed by atoms with E-state index in [0.717, 1.165) is 57.3 Å². The van der Waals surface area contributed by atoms with Crippen molar-refractivity contribution in [3.8, 4) is 0 Å². The number of benzene rings is 2. The van der Waals surface area contributed by atoms with Gasteiger partial charge in [-0.2, -0.15) is 0 Å². The maximum atomic E-state index is 13.0. The van der Waals surface area contributed by atoms with Gasteiger partial charge in [-0.25, -0.2) is 4.98 Å². The molecule has 0 fully saturated rings. The van der Waals surface area contributed by atoms with Crippen LogP contribution in [0.2, 0.25) is 0 Å². The summed E-state index contributed by atoms with van der Waals surface area (Å²) >= 11 is 0. The average molecular weight is 402 g/mol. The summed E-state index contributed by atoms with van der Waals surface area (Å²) in [7, 11) is 0. The van der Waals surface area contributed by atoms with Crippen LogP contribution in [0.5, 0.6) is 0 Å². The largest absolute Gasteiger partial charge is 0.345 e. The van der Waals surface area contributed by atoms with Gasteiger partial charge >= 0.3 is 0 Å². The number of aromatic nitrogens is 2. The van der Waals surface area contributed by atoms with Crippen LogP contribution in [-0.2, 0) is 19.4 Å². The molecule has 3 aromatic rings. The smallest absolute Gasteiger partial charge is 0.261 e. The van der Waals surface area contributed by atoms with Crippen molar-refractivity contribution in [2.45, 2.75) is 64.0 Å². The van der Waals surface area contributed by atoms with E-state index in [9.17, 15) is 9.59 Å². The Kier molecular flexibility index (Phi) is 5.11. The molecule has 0 spiro atoms. The van der Waals surface area contributed by atoms with Crippen molar-refractivity contribution in [1.82, 2.24) is 14.9 Å². The molecule has 5 rings (SSSR count). The van der Waals surface area contributed by atoms with E-state index in [1.165, 1.54) is 17.5 Å². The van der Waals surface area contributed by atoms with Gasteiger partial charge < -0.3 is 5.32 Å². The maximum Gasteiger partial charge on any atom is 0.261 e. The highest BCUT2D eigenvalue weighted by Crippen LogP contribution is 2.29. The number of hydrogen-bond acceptors (Lipinski definition) is 3. The van der Waals surface area contributed by atoms with Crippen molar-refractivity contribution in [1.29, 1.82) is 0 Å². The lowest BCUT2D eigenvalue weighted by Crippen LogP contribution is -2.31. The van der Waals surface area contributed by atoms with Crippen LogP contribution in [0.25, 0.3) is 10.9 Å². The second-order valence-corrected chi connectivity index (χ2v) is 8.50. The van der Waals surface area contributed by atoms with Crippen LogP contribution in [-0.4, -0.2) is 15.5 Å². The van der Waals surface area contributed by atoms with Gasteiger partial charge in [-0.1, -0.05) is 37.1 Å². The first-order chi connectivity index (χ1) is 14.7. The molecule has 1 N–H and O–H groups in total. The zero-order valence-electron chi connectivity index (χ0n) is 17.2. The molecule has 5 nitrogen and oxygen atoms in total. The molecule has 1 amide bonds. The first kappa shape index (κ1) is 19.0. The Balaban J connectivity index is 1.46. The fraction of sp³-hybridized carbons (Fsp3) is 0.400. The fourth-order valence-electron chi connectivity index (χ4n) is 4.88. The second-order valence-electron chi connectivity index (χ2n) is 8.50. The number of carbonyl (C=O) groups excluding carboxylic acids is 1. The zero-order valence-corrected chi connectivity index (χ0v) is 17.2. The highest BCUT2D eigenvalue weighted by molar-refractivity contribution is 5.97. The average Bonchev–Trinajstić information content (AvgIpc) is 2.75. The highest BCUT2D eigenvalue weighted by atomic mass is 16.1. The predicted octanol–water partition coefficient (Wildman–Crippen LogP) is 4.32. The predicted molar refractivity (Wildman–Crippen MR) is 118 cm³/mol. The second kappa shape index (κ2) is 8.05. The van der Waals surface area contributed by atoms with Crippen LogP contribution in [0, 0.1) is 0 Å². The third-order valence-electron chi connectivity index (χ3n) is 6.50. The van der Waals surface area contributed by atoms with Crippen molar-refractivity contribution in [2.24, 2.45) is 0 Å². The number of nitrogens with zero attached hydrogens (tertiary/aromatic N) is 2. The van der Waals surface area contributed by atoms with E-state index in [0.29, 0.717) is 16.5 Å². The van der Waals surface area contributed by atoms with Gasteiger partial charge in [0.25, 0.3) is 11.5 Å². The molecule has 0 saturated carbocycles. The molecule has 154 valence electrons. The molecule has 0 saturated heterocycles. The summed E-state index contributed by atoms with van der Waals surface area (Å²) in [5, 5.41) is 3.80. The number of aryl methyl sites for hydroxylation is 2. The van der Waals surface area contributed by atoms with Crippen molar-refractivity contribution in [3.63, 3.8) is 0 Å². The molecule has 1 aliphatic carbocycles. The SMILES string of the molecule is O=C(N[C@@H]1CCCc2ccccc21)c1ccc2c(=O)n3c(nc2c1)CCCCCC3. The Labute approximate surface area is 176 Å². The lowest BCUT2D eigenvalue weighted by atomic mass is 9.87. The third-order valence-corrected chi connectivity index (χ3v) is 6.50. The zero-order chi connectivity index (χ0) is 20.5. The molecule has 0 unspecified atom stereocenters. The van der Waals surface area contributed by atoms with Crippen LogP contribution >= 0.6 is 0 Å². The standard InChI is InChI=1S/C25H27N3O2/c29-24(27-21-11-7-9-17-8-4-5-10-19(17)21)18-13-14-20-22(16-18)26-23-12-3-1-2-6-15-28(23)25(20)30/h4-5,8,10,13-14,16,21H,1-3,6-7,9,11-12,15H2,(H,27,29)/t21-/m1/s1. The molecule has 2 heterocycles. The fourth-order valence-corrected chi connectivity index (χ4v) is 4.88. The molecule has 2 aliphatic rings. The van der Waals surface area contributed by atoms with Crippen molar-refractivity contribution >= 4 is 16.8 Å². The highest BCUT2D eigenvalue weighted by Gasteiger charge is 2.22. The molecule has 1 atom stereocenters. The Morgan fingerprint density at radius 3 is 2.80 bits per heavy atom. The Bertz CT molecular complexity index is 1160. The van der Waals surface area contributed by atoms with E-state index in [-0.39, 0.29) is 17.5 Å². The van der Waals surface area contributed by atoms with Crippen LogP contribution < -0.4 is 10.9 Å². The monoisotopic (exact) mass is 401 g/mol. The molecule has 5 heteroatoms. The van der Waals surface area contributed by atoms with Crippen molar-refractivity contribution in [3.05, 3.63) is 75.3 Å². The minimum atomic E-state index is -0.104. The maximum absolute atomic E-state index is 13.0. The number of carbonyl (C=O) groups is 1. The minimum absolute atomic E-state index is 0.0186. The first-order valence-corrected chi connectivity index (χ1v) is 11.1. The molecule has 0 bridgehead atoms. The minimum Gasteiger partial charge on any atom is -0.345 e. The third kappa shape index (κ3) is 3.53. The Morgan fingerprint density at radius 2 is 1.87 bits per heavy atom. The van der Waals surface area contributed by atoms with Gasteiger partial charge in [0.05, 0.1) is 16.9 Å². The summed E-state index contributed by atoms with van der Waals surface area (Å²) in [6, 6.07) is 13.7. The number of amides is 1. The van der Waals surface area contributed by atoms with E-state index >= 15 is 0 Å². The molecule has 1 aromatic heterocycles. The molecule has 1 aliphatic heterocycles. The summed E-state index contributed by atoms with van der Waals surface area (Å²) in [6.07, 6.45) is 8.32. The normalized spacial score (nSPS) is 18.7. The topological polar surface area (TPSA) is 64.0 Å². The number of fused-ring (bicyclic) bond motifs is 3.